The molecule has 0 bridgehead atoms. The van der Waals surface area contributed by atoms with Crippen molar-refractivity contribution in [2.24, 2.45) is 11.5 Å². The number of hydrogen-bond donors (Lipinski definition) is 3. The minimum atomic E-state index is -0.491. The zero-order valence-electron chi connectivity index (χ0n) is 10.6. The zero-order chi connectivity index (χ0) is 13.8. The van der Waals surface area contributed by atoms with Crippen molar-refractivity contribution in [2.45, 2.75) is 13.0 Å². The van der Waals surface area contributed by atoms with Gasteiger partial charge in [-0.15, -0.1) is 0 Å². The van der Waals surface area contributed by atoms with Gasteiger partial charge in [0.15, 0.2) is 0 Å². The molecule has 5 N–H and O–H groups in total. The topological polar surface area (TPSA) is 94.0 Å². The van der Waals surface area contributed by atoms with Crippen LogP contribution in [-0.2, 0) is 0 Å². The number of carbonyl (C=O) groups is 1. The number of hydrogen-bond acceptors (Lipinski definition) is 4. The number of amides is 1. The Morgan fingerprint density at radius 3 is 2.58 bits per heavy atom. The Hall–Kier alpha value is -2.40. The van der Waals surface area contributed by atoms with Crippen LogP contribution < -0.4 is 16.8 Å². The van der Waals surface area contributed by atoms with Crippen molar-refractivity contribution in [1.82, 2.24) is 4.98 Å². The standard InChI is InChI=1S/C14H16N4O/c1-9(15)11-4-2-3-5-12(11)18-13-7-6-10(8-17-13)14(16)19/h2-9H,15H2,1H3,(H2,16,19)(H,17,18). The number of para-hydroxylation sites is 1. The summed E-state index contributed by atoms with van der Waals surface area (Å²) >= 11 is 0. The van der Waals surface area contributed by atoms with Gasteiger partial charge >= 0.3 is 0 Å². The summed E-state index contributed by atoms with van der Waals surface area (Å²) in [4.78, 5) is 15.1. The molecule has 1 aromatic carbocycles. The molecule has 0 spiro atoms. The minimum Gasteiger partial charge on any atom is -0.366 e. The van der Waals surface area contributed by atoms with Crippen LogP contribution >= 0.6 is 0 Å². The molecule has 1 unspecified atom stereocenters. The van der Waals surface area contributed by atoms with Crippen LogP contribution in [-0.4, -0.2) is 10.9 Å². The first-order valence-corrected chi connectivity index (χ1v) is 5.95. The van der Waals surface area contributed by atoms with E-state index in [2.05, 4.69) is 10.3 Å². The average molecular weight is 256 g/mol. The summed E-state index contributed by atoms with van der Waals surface area (Å²) in [5.41, 5.74) is 13.4. The van der Waals surface area contributed by atoms with E-state index in [1.54, 1.807) is 12.1 Å². The van der Waals surface area contributed by atoms with Gasteiger partial charge in [-0.05, 0) is 30.7 Å². The fourth-order valence-electron chi connectivity index (χ4n) is 1.76. The summed E-state index contributed by atoms with van der Waals surface area (Å²) in [5, 5.41) is 3.18. The lowest BCUT2D eigenvalue weighted by atomic mass is 10.1. The van der Waals surface area contributed by atoms with E-state index in [9.17, 15) is 4.79 Å². The number of carbonyl (C=O) groups excluding carboxylic acids is 1. The molecule has 1 atom stereocenters. The molecule has 2 aromatic rings. The number of pyridine rings is 1. The molecule has 5 nitrogen and oxygen atoms in total. The van der Waals surface area contributed by atoms with E-state index in [0.717, 1.165) is 11.3 Å². The van der Waals surface area contributed by atoms with Crippen molar-refractivity contribution >= 4 is 17.4 Å². The number of nitrogens with two attached hydrogens (primary N) is 2. The Balaban J connectivity index is 2.24. The molecule has 0 aliphatic heterocycles. The maximum absolute atomic E-state index is 11.0. The van der Waals surface area contributed by atoms with Crippen molar-refractivity contribution in [3.63, 3.8) is 0 Å². The monoisotopic (exact) mass is 256 g/mol. The Morgan fingerprint density at radius 1 is 1.26 bits per heavy atom. The van der Waals surface area contributed by atoms with Gasteiger partial charge < -0.3 is 16.8 Å². The quantitative estimate of drug-likeness (QED) is 0.779. The second-order valence-electron chi connectivity index (χ2n) is 4.30. The smallest absolute Gasteiger partial charge is 0.250 e. The van der Waals surface area contributed by atoms with Gasteiger partial charge in [-0.25, -0.2) is 4.98 Å². The molecular formula is C14H16N4O. The lowest BCUT2D eigenvalue weighted by molar-refractivity contribution is 0.1000. The third kappa shape index (κ3) is 3.08. The van der Waals surface area contributed by atoms with Gasteiger partial charge in [0, 0.05) is 17.9 Å². The molecule has 0 saturated heterocycles. The molecule has 1 amide bonds. The molecule has 5 heteroatoms. The highest BCUT2D eigenvalue weighted by Crippen LogP contribution is 2.23. The number of nitrogens with zero attached hydrogens (tertiary/aromatic N) is 1. The van der Waals surface area contributed by atoms with Crippen LogP contribution in [0.2, 0.25) is 0 Å². The normalized spacial score (nSPS) is 11.9. The van der Waals surface area contributed by atoms with Gasteiger partial charge in [0.05, 0.1) is 5.56 Å². The molecule has 19 heavy (non-hydrogen) atoms. The van der Waals surface area contributed by atoms with Crippen molar-refractivity contribution in [3.8, 4) is 0 Å². The molecule has 0 aliphatic carbocycles. The molecule has 0 saturated carbocycles. The highest BCUT2D eigenvalue weighted by atomic mass is 16.1. The second-order valence-corrected chi connectivity index (χ2v) is 4.30. The molecule has 98 valence electrons. The Kier molecular flexibility index (Phi) is 3.77. The van der Waals surface area contributed by atoms with Gasteiger partial charge in [0.1, 0.15) is 5.82 Å². The number of primary amides is 1. The number of anilines is 2. The van der Waals surface area contributed by atoms with Gasteiger partial charge in [-0.1, -0.05) is 18.2 Å². The molecule has 0 fully saturated rings. The Labute approximate surface area is 111 Å². The first kappa shape index (κ1) is 13.0. The van der Waals surface area contributed by atoms with E-state index in [4.69, 9.17) is 11.5 Å². The van der Waals surface area contributed by atoms with Crippen molar-refractivity contribution < 1.29 is 4.79 Å². The van der Waals surface area contributed by atoms with Gasteiger partial charge in [-0.2, -0.15) is 0 Å². The van der Waals surface area contributed by atoms with Gasteiger partial charge in [0.2, 0.25) is 5.91 Å². The predicted octanol–water partition coefficient (Wildman–Crippen LogP) is 1.94. The lowest BCUT2D eigenvalue weighted by Crippen LogP contribution is -2.11. The second kappa shape index (κ2) is 5.49. The van der Waals surface area contributed by atoms with E-state index in [0.29, 0.717) is 11.4 Å². The SMILES string of the molecule is CC(N)c1ccccc1Nc1ccc(C(N)=O)cn1. The van der Waals surface area contributed by atoms with Crippen LogP contribution in [0.3, 0.4) is 0 Å². The fourth-order valence-corrected chi connectivity index (χ4v) is 1.76. The van der Waals surface area contributed by atoms with Gasteiger partial charge in [0.25, 0.3) is 0 Å². The van der Waals surface area contributed by atoms with Crippen LogP contribution in [0.1, 0.15) is 28.9 Å². The zero-order valence-corrected chi connectivity index (χ0v) is 10.6. The van der Waals surface area contributed by atoms with E-state index in [1.807, 2.05) is 31.2 Å². The Bertz CT molecular complexity index is 578. The maximum atomic E-state index is 11.0. The first-order chi connectivity index (χ1) is 9.08. The molecule has 2 rings (SSSR count). The molecule has 0 aliphatic rings. The Morgan fingerprint density at radius 2 is 2.00 bits per heavy atom. The lowest BCUT2D eigenvalue weighted by Gasteiger charge is -2.13. The van der Waals surface area contributed by atoms with E-state index < -0.39 is 5.91 Å². The first-order valence-electron chi connectivity index (χ1n) is 5.95. The van der Waals surface area contributed by atoms with Gasteiger partial charge in [-0.3, -0.25) is 4.79 Å². The summed E-state index contributed by atoms with van der Waals surface area (Å²) in [6, 6.07) is 11.0. The third-order valence-electron chi connectivity index (χ3n) is 2.76. The van der Waals surface area contributed by atoms with Crippen LogP contribution in [0.15, 0.2) is 42.6 Å². The van der Waals surface area contributed by atoms with Crippen LogP contribution in [0.5, 0.6) is 0 Å². The summed E-state index contributed by atoms with van der Waals surface area (Å²) in [7, 11) is 0. The average Bonchev–Trinajstić information content (AvgIpc) is 2.39. The van der Waals surface area contributed by atoms with E-state index in [-0.39, 0.29) is 6.04 Å². The predicted molar refractivity (Wildman–Crippen MR) is 75.1 cm³/mol. The summed E-state index contributed by atoms with van der Waals surface area (Å²) in [6.07, 6.45) is 1.44. The van der Waals surface area contributed by atoms with Crippen molar-refractivity contribution in [1.29, 1.82) is 0 Å². The summed E-state index contributed by atoms with van der Waals surface area (Å²) in [5.74, 6) is 0.146. The minimum absolute atomic E-state index is 0.0754. The third-order valence-corrected chi connectivity index (χ3v) is 2.76. The number of benzene rings is 1. The van der Waals surface area contributed by atoms with Crippen molar-refractivity contribution in [2.75, 3.05) is 5.32 Å². The van der Waals surface area contributed by atoms with Crippen LogP contribution in [0.4, 0.5) is 11.5 Å². The molecule has 0 radical (unpaired) electrons. The highest BCUT2D eigenvalue weighted by Gasteiger charge is 2.07. The largest absolute Gasteiger partial charge is 0.366 e. The van der Waals surface area contributed by atoms with E-state index in [1.165, 1.54) is 6.20 Å². The molecule has 1 heterocycles. The number of rotatable bonds is 4. The summed E-state index contributed by atoms with van der Waals surface area (Å²) in [6.45, 7) is 1.92. The van der Waals surface area contributed by atoms with E-state index >= 15 is 0 Å². The number of nitrogens with one attached hydrogen (secondary N) is 1. The molecular weight excluding hydrogens is 240 g/mol. The van der Waals surface area contributed by atoms with Crippen LogP contribution in [0.25, 0.3) is 0 Å². The maximum Gasteiger partial charge on any atom is 0.250 e. The van der Waals surface area contributed by atoms with Crippen molar-refractivity contribution in [3.05, 3.63) is 53.7 Å². The molecule has 1 aromatic heterocycles. The number of aromatic nitrogens is 1. The van der Waals surface area contributed by atoms with Crippen LogP contribution in [0, 0.1) is 0 Å². The highest BCUT2D eigenvalue weighted by molar-refractivity contribution is 5.92. The fraction of sp³-hybridized carbons (Fsp3) is 0.143. The summed E-state index contributed by atoms with van der Waals surface area (Å²) < 4.78 is 0.